The molecule has 1 aliphatic heterocycles. The highest BCUT2D eigenvalue weighted by molar-refractivity contribution is 7.80. The van der Waals surface area contributed by atoms with Gasteiger partial charge in [0.2, 0.25) is 0 Å². The van der Waals surface area contributed by atoms with E-state index in [2.05, 4.69) is 15.2 Å². The second-order valence-electron chi connectivity index (χ2n) is 8.83. The second-order valence-corrected chi connectivity index (χ2v) is 9.21. The van der Waals surface area contributed by atoms with Gasteiger partial charge in [0.25, 0.3) is 5.56 Å². The number of hydrogen-bond donors (Lipinski definition) is 2. The van der Waals surface area contributed by atoms with Crippen LogP contribution in [0.25, 0.3) is 10.9 Å². The first-order chi connectivity index (χ1) is 17.5. The van der Waals surface area contributed by atoms with Crippen molar-refractivity contribution in [3.8, 4) is 5.75 Å². The van der Waals surface area contributed by atoms with Gasteiger partial charge in [0.1, 0.15) is 11.6 Å². The van der Waals surface area contributed by atoms with E-state index in [9.17, 15) is 9.18 Å². The summed E-state index contributed by atoms with van der Waals surface area (Å²) in [5.74, 6) is 0.466. The van der Waals surface area contributed by atoms with Crippen LogP contribution in [0.3, 0.4) is 0 Å². The molecule has 192 valence electrons. The molecule has 0 saturated carbocycles. The van der Waals surface area contributed by atoms with Crippen molar-refractivity contribution in [1.82, 2.24) is 20.1 Å². The lowest BCUT2D eigenvalue weighted by Gasteiger charge is -2.28. The molecule has 0 bridgehead atoms. The summed E-state index contributed by atoms with van der Waals surface area (Å²) in [6.07, 6.45) is 0.946. The number of nitrogens with zero attached hydrogens (tertiary/aromatic N) is 2. The van der Waals surface area contributed by atoms with Crippen LogP contribution in [-0.4, -0.2) is 65.9 Å². The van der Waals surface area contributed by atoms with Gasteiger partial charge in [0.15, 0.2) is 5.11 Å². The highest BCUT2D eigenvalue weighted by Crippen LogP contribution is 2.20. The zero-order valence-corrected chi connectivity index (χ0v) is 21.4. The Morgan fingerprint density at radius 1 is 1.17 bits per heavy atom. The van der Waals surface area contributed by atoms with Crippen LogP contribution in [0.4, 0.5) is 4.39 Å². The third-order valence-electron chi connectivity index (χ3n) is 6.17. The minimum atomic E-state index is -0.287. The van der Waals surface area contributed by atoms with Crippen LogP contribution < -0.4 is 15.6 Å². The zero-order valence-electron chi connectivity index (χ0n) is 20.6. The van der Waals surface area contributed by atoms with Crippen molar-refractivity contribution >= 4 is 28.2 Å². The van der Waals surface area contributed by atoms with Gasteiger partial charge in [-0.05, 0) is 74.1 Å². The highest BCUT2D eigenvalue weighted by atomic mass is 32.1. The predicted molar refractivity (Wildman–Crippen MR) is 144 cm³/mol. The summed E-state index contributed by atoms with van der Waals surface area (Å²) in [7, 11) is 0. The number of nitrogens with one attached hydrogen (secondary N) is 2. The lowest BCUT2D eigenvalue weighted by atomic mass is 10.1. The van der Waals surface area contributed by atoms with Crippen LogP contribution in [0, 0.1) is 5.82 Å². The Morgan fingerprint density at radius 3 is 2.69 bits per heavy atom. The fourth-order valence-corrected chi connectivity index (χ4v) is 4.48. The topological polar surface area (TPSA) is 69.8 Å². The molecule has 0 aliphatic carbocycles. The van der Waals surface area contributed by atoms with E-state index in [0.29, 0.717) is 30.4 Å². The minimum Gasteiger partial charge on any atom is -0.494 e. The summed E-state index contributed by atoms with van der Waals surface area (Å²) in [5.41, 5.74) is 2.09. The van der Waals surface area contributed by atoms with E-state index < -0.39 is 0 Å². The minimum absolute atomic E-state index is 0.161. The van der Waals surface area contributed by atoms with Crippen molar-refractivity contribution in [3.63, 3.8) is 0 Å². The maximum Gasteiger partial charge on any atom is 0.253 e. The predicted octanol–water partition coefficient (Wildman–Crippen LogP) is 3.66. The van der Waals surface area contributed by atoms with Crippen LogP contribution in [0.5, 0.6) is 5.75 Å². The molecule has 2 N–H and O–H groups in total. The van der Waals surface area contributed by atoms with Gasteiger partial charge in [-0.3, -0.25) is 9.69 Å². The summed E-state index contributed by atoms with van der Waals surface area (Å²) in [4.78, 5) is 20.2. The Morgan fingerprint density at radius 2 is 1.94 bits per heavy atom. The van der Waals surface area contributed by atoms with Crippen LogP contribution in [0.2, 0.25) is 0 Å². The van der Waals surface area contributed by atoms with Crippen molar-refractivity contribution in [2.75, 3.05) is 46.0 Å². The molecule has 36 heavy (non-hydrogen) atoms. The number of rotatable bonds is 10. The van der Waals surface area contributed by atoms with Gasteiger partial charge in [0.05, 0.1) is 26.4 Å². The third kappa shape index (κ3) is 7.25. The van der Waals surface area contributed by atoms with E-state index in [1.54, 1.807) is 12.1 Å². The largest absolute Gasteiger partial charge is 0.494 e. The van der Waals surface area contributed by atoms with Gasteiger partial charge in [-0.1, -0.05) is 12.1 Å². The first-order valence-corrected chi connectivity index (χ1v) is 12.8. The van der Waals surface area contributed by atoms with E-state index in [0.717, 1.165) is 68.0 Å². The molecule has 0 unspecified atom stereocenters. The third-order valence-corrected chi connectivity index (χ3v) is 6.57. The second kappa shape index (κ2) is 12.8. The van der Waals surface area contributed by atoms with Crippen LogP contribution in [0.1, 0.15) is 24.5 Å². The summed E-state index contributed by atoms with van der Waals surface area (Å²) in [5, 5.41) is 4.80. The molecule has 1 fully saturated rings. The monoisotopic (exact) mass is 512 g/mol. The van der Waals surface area contributed by atoms with Crippen LogP contribution >= 0.6 is 12.2 Å². The number of aromatic nitrogens is 1. The van der Waals surface area contributed by atoms with Crippen molar-refractivity contribution in [3.05, 3.63) is 75.8 Å². The van der Waals surface area contributed by atoms with E-state index >= 15 is 0 Å². The Hall–Kier alpha value is -3.01. The lowest BCUT2D eigenvalue weighted by molar-refractivity contribution is 0.0376. The first kappa shape index (κ1) is 26.1. The Balaban J connectivity index is 1.48. The van der Waals surface area contributed by atoms with E-state index in [4.69, 9.17) is 21.7 Å². The fourth-order valence-electron chi connectivity index (χ4n) is 4.25. The maximum absolute atomic E-state index is 13.5. The van der Waals surface area contributed by atoms with Gasteiger partial charge in [-0.25, -0.2) is 4.39 Å². The lowest BCUT2D eigenvalue weighted by Crippen LogP contribution is -2.42. The molecule has 0 radical (unpaired) electrons. The van der Waals surface area contributed by atoms with Gasteiger partial charge in [-0.2, -0.15) is 0 Å². The van der Waals surface area contributed by atoms with Crippen molar-refractivity contribution < 1.29 is 13.9 Å². The number of H-pyrrole nitrogens is 1. The molecule has 2 aromatic carbocycles. The zero-order chi connectivity index (χ0) is 25.3. The standard InChI is InChI=1S/C27H33FN4O3S/c1-2-35-24-8-9-25-21(17-24)16-22(26(33)30-25)19-32(18-20-4-6-23(28)7-5-20)27(36)29-10-3-11-31-12-14-34-15-13-31/h4-9,16-17H,2-3,10-15,18-19H2,1H3,(H,29,36)(H,30,33). The highest BCUT2D eigenvalue weighted by Gasteiger charge is 2.15. The van der Waals surface area contributed by atoms with E-state index in [1.807, 2.05) is 36.1 Å². The van der Waals surface area contributed by atoms with Gasteiger partial charge in [-0.15, -0.1) is 0 Å². The van der Waals surface area contributed by atoms with Gasteiger partial charge in [0, 0.05) is 42.6 Å². The molecular weight excluding hydrogens is 479 g/mol. The van der Waals surface area contributed by atoms with Crippen LogP contribution in [0.15, 0.2) is 53.3 Å². The summed E-state index contributed by atoms with van der Waals surface area (Å²) in [6.45, 7) is 8.44. The number of thiocarbonyl (C=S) groups is 1. The molecular formula is C27H33FN4O3S. The smallest absolute Gasteiger partial charge is 0.253 e. The number of hydrogen-bond acceptors (Lipinski definition) is 5. The number of pyridine rings is 1. The van der Waals surface area contributed by atoms with Gasteiger partial charge < -0.3 is 24.7 Å². The number of halogens is 1. The van der Waals surface area contributed by atoms with E-state index in [-0.39, 0.29) is 11.4 Å². The average Bonchev–Trinajstić information content (AvgIpc) is 2.88. The molecule has 4 rings (SSSR count). The fraction of sp³-hybridized carbons (Fsp3) is 0.407. The molecule has 1 saturated heterocycles. The number of aromatic amines is 1. The molecule has 1 aliphatic rings. The molecule has 7 nitrogen and oxygen atoms in total. The molecule has 0 atom stereocenters. The van der Waals surface area contributed by atoms with Crippen LogP contribution in [-0.2, 0) is 17.8 Å². The maximum atomic E-state index is 13.5. The Kier molecular flexibility index (Phi) is 9.27. The summed E-state index contributed by atoms with van der Waals surface area (Å²) in [6, 6.07) is 13.8. The van der Waals surface area contributed by atoms with Gasteiger partial charge >= 0.3 is 0 Å². The Labute approximate surface area is 216 Å². The quantitative estimate of drug-likeness (QED) is 0.317. The molecule has 9 heteroatoms. The Bertz CT molecular complexity index is 1210. The van der Waals surface area contributed by atoms with Crippen molar-refractivity contribution in [1.29, 1.82) is 0 Å². The number of fused-ring (bicyclic) bond motifs is 1. The normalized spacial score (nSPS) is 14.1. The number of ether oxygens (including phenoxy) is 2. The molecule has 0 amide bonds. The molecule has 3 aromatic rings. The van der Waals surface area contributed by atoms with E-state index in [1.165, 1.54) is 12.1 Å². The summed E-state index contributed by atoms with van der Waals surface area (Å²) < 4.78 is 24.5. The first-order valence-electron chi connectivity index (χ1n) is 12.4. The van der Waals surface area contributed by atoms with Crippen molar-refractivity contribution in [2.45, 2.75) is 26.4 Å². The molecule has 2 heterocycles. The summed E-state index contributed by atoms with van der Waals surface area (Å²) >= 11 is 5.74. The number of morpholine rings is 1. The SMILES string of the molecule is CCOc1ccc2[nH]c(=O)c(CN(Cc3ccc(F)cc3)C(=S)NCCCN3CCOCC3)cc2c1. The number of benzene rings is 2. The molecule has 1 aromatic heterocycles. The average molecular weight is 513 g/mol. The van der Waals surface area contributed by atoms with Crippen molar-refractivity contribution in [2.24, 2.45) is 0 Å². The molecule has 0 spiro atoms.